The summed E-state index contributed by atoms with van der Waals surface area (Å²) in [6.45, 7) is 0. The SMILES string of the molecule is CN(C(=O)CCC1Cc2ccccc2NC1=O)c1ccc2ccccc2c1. The second-order valence-electron chi connectivity index (χ2n) is 7.07. The van der Waals surface area contributed by atoms with Gasteiger partial charge in [-0.15, -0.1) is 0 Å². The number of anilines is 2. The first-order chi connectivity index (χ1) is 13.1. The predicted molar refractivity (Wildman–Crippen MR) is 109 cm³/mol. The number of hydrogen-bond donors (Lipinski definition) is 1. The minimum atomic E-state index is -0.158. The first kappa shape index (κ1) is 17.3. The van der Waals surface area contributed by atoms with Crippen LogP contribution >= 0.6 is 0 Å². The standard InChI is InChI=1S/C23H22N2O2/c1-25(20-12-10-16-6-2-3-7-17(16)15-20)22(26)13-11-19-14-18-8-4-5-9-21(18)24-23(19)27/h2-10,12,15,19H,11,13-14H2,1H3,(H,24,27). The highest BCUT2D eigenvalue weighted by atomic mass is 16.2. The van der Waals surface area contributed by atoms with Crippen molar-refractivity contribution >= 4 is 34.0 Å². The van der Waals surface area contributed by atoms with Crippen LogP contribution < -0.4 is 10.2 Å². The summed E-state index contributed by atoms with van der Waals surface area (Å²) in [6.07, 6.45) is 1.59. The van der Waals surface area contributed by atoms with Gasteiger partial charge in [-0.2, -0.15) is 0 Å². The summed E-state index contributed by atoms with van der Waals surface area (Å²) >= 11 is 0. The van der Waals surface area contributed by atoms with E-state index in [1.165, 1.54) is 0 Å². The van der Waals surface area contributed by atoms with Crippen molar-refractivity contribution in [2.75, 3.05) is 17.3 Å². The first-order valence-electron chi connectivity index (χ1n) is 9.26. The Balaban J connectivity index is 1.42. The molecule has 27 heavy (non-hydrogen) atoms. The van der Waals surface area contributed by atoms with Gasteiger partial charge in [0.1, 0.15) is 0 Å². The maximum absolute atomic E-state index is 12.7. The van der Waals surface area contributed by atoms with Gasteiger partial charge in [-0.3, -0.25) is 9.59 Å². The number of nitrogens with one attached hydrogen (secondary N) is 1. The summed E-state index contributed by atoms with van der Waals surface area (Å²) in [5.41, 5.74) is 2.90. The van der Waals surface area contributed by atoms with Crippen molar-refractivity contribution in [2.45, 2.75) is 19.3 Å². The van der Waals surface area contributed by atoms with E-state index < -0.39 is 0 Å². The van der Waals surface area contributed by atoms with Gasteiger partial charge < -0.3 is 10.2 Å². The third kappa shape index (κ3) is 3.56. The molecule has 136 valence electrons. The molecule has 0 fully saturated rings. The molecular formula is C23H22N2O2. The van der Waals surface area contributed by atoms with Gasteiger partial charge in [-0.25, -0.2) is 0 Å². The highest BCUT2D eigenvalue weighted by molar-refractivity contribution is 5.98. The van der Waals surface area contributed by atoms with Crippen molar-refractivity contribution in [2.24, 2.45) is 5.92 Å². The molecule has 4 heteroatoms. The summed E-state index contributed by atoms with van der Waals surface area (Å²) in [6, 6.07) is 22.0. The van der Waals surface area contributed by atoms with Gasteiger partial charge in [0.25, 0.3) is 0 Å². The summed E-state index contributed by atoms with van der Waals surface area (Å²) in [7, 11) is 1.79. The summed E-state index contributed by atoms with van der Waals surface area (Å²) < 4.78 is 0. The summed E-state index contributed by atoms with van der Waals surface area (Å²) in [5, 5.41) is 5.21. The van der Waals surface area contributed by atoms with Crippen LogP contribution in [0.4, 0.5) is 11.4 Å². The smallest absolute Gasteiger partial charge is 0.227 e. The molecule has 1 atom stereocenters. The van der Waals surface area contributed by atoms with Crippen LogP contribution in [0.3, 0.4) is 0 Å². The van der Waals surface area contributed by atoms with Gasteiger partial charge in [0.05, 0.1) is 0 Å². The van der Waals surface area contributed by atoms with E-state index in [1.54, 1.807) is 11.9 Å². The van der Waals surface area contributed by atoms with Crippen LogP contribution in [0.2, 0.25) is 0 Å². The van der Waals surface area contributed by atoms with Crippen LogP contribution in [0.15, 0.2) is 66.7 Å². The summed E-state index contributed by atoms with van der Waals surface area (Å²) in [4.78, 5) is 26.7. The Labute approximate surface area is 158 Å². The predicted octanol–water partition coefficient (Wildman–Crippen LogP) is 4.39. The van der Waals surface area contributed by atoms with Crippen molar-refractivity contribution in [3.05, 3.63) is 72.3 Å². The highest BCUT2D eigenvalue weighted by Gasteiger charge is 2.26. The minimum absolute atomic E-state index is 0.00913. The average Bonchev–Trinajstić information content (AvgIpc) is 2.71. The fraction of sp³-hybridized carbons (Fsp3) is 0.217. The lowest BCUT2D eigenvalue weighted by Gasteiger charge is -2.25. The van der Waals surface area contributed by atoms with Gasteiger partial charge in [-0.1, -0.05) is 48.5 Å². The van der Waals surface area contributed by atoms with Crippen LogP contribution in [0.1, 0.15) is 18.4 Å². The van der Waals surface area contributed by atoms with E-state index in [0.29, 0.717) is 19.3 Å². The molecule has 4 nitrogen and oxygen atoms in total. The Kier molecular flexibility index (Phi) is 4.63. The topological polar surface area (TPSA) is 49.4 Å². The number of benzene rings is 3. The first-order valence-corrected chi connectivity index (χ1v) is 9.26. The second-order valence-corrected chi connectivity index (χ2v) is 7.07. The number of carbonyl (C=O) groups is 2. The van der Waals surface area contributed by atoms with Crippen LogP contribution in [-0.4, -0.2) is 18.9 Å². The molecule has 0 radical (unpaired) electrons. The zero-order valence-electron chi connectivity index (χ0n) is 15.3. The highest BCUT2D eigenvalue weighted by Crippen LogP contribution is 2.28. The Hall–Kier alpha value is -3.14. The maximum Gasteiger partial charge on any atom is 0.227 e. The molecule has 3 aromatic rings. The number of hydrogen-bond acceptors (Lipinski definition) is 2. The maximum atomic E-state index is 12.7. The molecule has 0 aliphatic carbocycles. The molecule has 1 aliphatic rings. The summed E-state index contributed by atoms with van der Waals surface area (Å²) in [5.74, 6) is -0.124. The van der Waals surface area contributed by atoms with Crippen molar-refractivity contribution < 1.29 is 9.59 Å². The second kappa shape index (κ2) is 7.23. The molecule has 1 aliphatic heterocycles. The van der Waals surface area contributed by atoms with Crippen molar-refractivity contribution in [3.63, 3.8) is 0 Å². The molecule has 1 N–H and O–H groups in total. The van der Waals surface area contributed by atoms with Crippen LogP contribution in [0.25, 0.3) is 10.8 Å². The zero-order valence-corrected chi connectivity index (χ0v) is 15.3. The van der Waals surface area contributed by atoms with Crippen molar-refractivity contribution in [3.8, 4) is 0 Å². The van der Waals surface area contributed by atoms with E-state index in [1.807, 2.05) is 60.7 Å². The van der Waals surface area contributed by atoms with E-state index in [4.69, 9.17) is 0 Å². The normalized spacial score (nSPS) is 15.9. The fourth-order valence-electron chi connectivity index (χ4n) is 3.64. The van der Waals surface area contributed by atoms with Crippen molar-refractivity contribution in [1.29, 1.82) is 0 Å². The number of carbonyl (C=O) groups excluding carboxylic acids is 2. The number of para-hydroxylation sites is 1. The van der Waals surface area contributed by atoms with Gasteiger partial charge in [0, 0.05) is 30.8 Å². The zero-order chi connectivity index (χ0) is 18.8. The lowest BCUT2D eigenvalue weighted by molar-refractivity contribution is -0.121. The molecule has 1 unspecified atom stereocenters. The largest absolute Gasteiger partial charge is 0.326 e. The molecule has 0 spiro atoms. The Morgan fingerprint density at radius 3 is 2.63 bits per heavy atom. The fourth-order valence-corrected chi connectivity index (χ4v) is 3.64. The van der Waals surface area contributed by atoms with Gasteiger partial charge in [0.2, 0.25) is 11.8 Å². The van der Waals surface area contributed by atoms with E-state index in [0.717, 1.165) is 27.7 Å². The molecular weight excluding hydrogens is 336 g/mol. The quantitative estimate of drug-likeness (QED) is 0.752. The number of nitrogens with zero attached hydrogens (tertiary/aromatic N) is 1. The Morgan fingerprint density at radius 2 is 1.78 bits per heavy atom. The molecule has 0 aromatic heterocycles. The van der Waals surface area contributed by atoms with Gasteiger partial charge >= 0.3 is 0 Å². The van der Waals surface area contributed by atoms with E-state index >= 15 is 0 Å². The van der Waals surface area contributed by atoms with Crippen molar-refractivity contribution in [1.82, 2.24) is 0 Å². The van der Waals surface area contributed by atoms with E-state index in [9.17, 15) is 9.59 Å². The van der Waals surface area contributed by atoms with Crippen LogP contribution in [0.5, 0.6) is 0 Å². The third-order valence-corrected chi connectivity index (χ3v) is 5.31. The molecule has 4 rings (SSSR count). The monoisotopic (exact) mass is 358 g/mol. The molecule has 3 aromatic carbocycles. The van der Waals surface area contributed by atoms with E-state index in [-0.39, 0.29) is 17.7 Å². The Morgan fingerprint density at radius 1 is 1.04 bits per heavy atom. The average molecular weight is 358 g/mol. The molecule has 0 saturated heterocycles. The third-order valence-electron chi connectivity index (χ3n) is 5.31. The molecule has 1 heterocycles. The lowest BCUT2D eigenvalue weighted by atomic mass is 9.89. The van der Waals surface area contributed by atoms with Gasteiger partial charge in [0.15, 0.2) is 0 Å². The van der Waals surface area contributed by atoms with Crippen LogP contribution in [0, 0.1) is 5.92 Å². The van der Waals surface area contributed by atoms with Gasteiger partial charge in [-0.05, 0) is 47.4 Å². The van der Waals surface area contributed by atoms with Crippen LogP contribution in [-0.2, 0) is 16.0 Å². The number of amides is 2. The number of fused-ring (bicyclic) bond motifs is 2. The molecule has 2 amide bonds. The number of rotatable bonds is 4. The lowest BCUT2D eigenvalue weighted by Crippen LogP contribution is -2.32. The molecule has 0 bridgehead atoms. The molecule has 0 saturated carbocycles. The minimum Gasteiger partial charge on any atom is -0.326 e. The van der Waals surface area contributed by atoms with E-state index in [2.05, 4.69) is 11.4 Å². The Bertz CT molecular complexity index is 1010.